The topological polar surface area (TPSA) is 55.8 Å². The Balaban J connectivity index is 0.00000192. The molecule has 5 nitrogen and oxygen atoms in total. The Morgan fingerprint density at radius 2 is 1.78 bits per heavy atom. The van der Waals surface area contributed by atoms with Crippen LogP contribution in [-0.2, 0) is 12.8 Å². The van der Waals surface area contributed by atoms with Gasteiger partial charge < -0.3 is 15.3 Å². The Morgan fingerprint density at radius 3 is 2.48 bits per heavy atom. The standard InChI is InChI=1S/C17H25N3O2.ClH/c21-12-11-19-7-9-20(10-8-19)17(22)16-2-1-14-3-5-18-6-4-15(14)13-16;/h1-2,13,18,21H,3-12H2;1H. The van der Waals surface area contributed by atoms with Crippen molar-refractivity contribution in [3.8, 4) is 0 Å². The summed E-state index contributed by atoms with van der Waals surface area (Å²) >= 11 is 0. The fourth-order valence-electron chi connectivity index (χ4n) is 3.31. The second-order valence-electron chi connectivity index (χ2n) is 6.09. The molecule has 0 aromatic heterocycles. The predicted molar refractivity (Wildman–Crippen MR) is 93.4 cm³/mol. The van der Waals surface area contributed by atoms with Crippen molar-refractivity contribution < 1.29 is 9.90 Å². The molecule has 0 atom stereocenters. The van der Waals surface area contributed by atoms with Crippen molar-refractivity contribution in [2.24, 2.45) is 0 Å². The predicted octanol–water partition coefficient (Wildman–Crippen LogP) is 0.547. The molecule has 6 heteroatoms. The SMILES string of the molecule is Cl.O=C(c1ccc2c(c1)CCNCC2)N1CCN(CCO)CC1. The number of nitrogens with one attached hydrogen (secondary N) is 1. The van der Waals surface area contributed by atoms with Gasteiger partial charge in [-0.05, 0) is 49.2 Å². The maximum atomic E-state index is 12.7. The zero-order valence-electron chi connectivity index (χ0n) is 13.5. The van der Waals surface area contributed by atoms with Crippen LogP contribution < -0.4 is 5.32 Å². The van der Waals surface area contributed by atoms with Crippen LogP contribution in [0.2, 0.25) is 0 Å². The fourth-order valence-corrected chi connectivity index (χ4v) is 3.31. The van der Waals surface area contributed by atoms with E-state index in [1.165, 1.54) is 11.1 Å². The first-order valence-electron chi connectivity index (χ1n) is 8.23. The number of rotatable bonds is 3. The van der Waals surface area contributed by atoms with Crippen LogP contribution in [-0.4, -0.2) is 73.2 Å². The first-order chi connectivity index (χ1) is 10.8. The molecule has 0 unspecified atom stereocenters. The van der Waals surface area contributed by atoms with Crippen molar-refractivity contribution >= 4 is 18.3 Å². The first-order valence-corrected chi connectivity index (χ1v) is 8.23. The monoisotopic (exact) mass is 339 g/mol. The Kier molecular flexibility index (Phi) is 6.84. The molecule has 0 spiro atoms. The van der Waals surface area contributed by atoms with Gasteiger partial charge >= 0.3 is 0 Å². The summed E-state index contributed by atoms with van der Waals surface area (Å²) in [6.07, 6.45) is 2.05. The van der Waals surface area contributed by atoms with E-state index in [4.69, 9.17) is 5.11 Å². The second-order valence-corrected chi connectivity index (χ2v) is 6.09. The average molecular weight is 340 g/mol. The summed E-state index contributed by atoms with van der Waals surface area (Å²) < 4.78 is 0. The number of hydrogen-bond donors (Lipinski definition) is 2. The van der Waals surface area contributed by atoms with Gasteiger partial charge in [-0.25, -0.2) is 0 Å². The molecule has 23 heavy (non-hydrogen) atoms. The van der Waals surface area contributed by atoms with Gasteiger partial charge in [0.15, 0.2) is 0 Å². The van der Waals surface area contributed by atoms with E-state index in [9.17, 15) is 4.79 Å². The highest BCUT2D eigenvalue weighted by Gasteiger charge is 2.22. The quantitative estimate of drug-likeness (QED) is 0.844. The van der Waals surface area contributed by atoms with E-state index in [0.29, 0.717) is 6.54 Å². The number of carbonyl (C=O) groups excluding carboxylic acids is 1. The van der Waals surface area contributed by atoms with Crippen molar-refractivity contribution in [2.75, 3.05) is 52.4 Å². The number of hydrogen-bond acceptors (Lipinski definition) is 4. The van der Waals surface area contributed by atoms with Gasteiger partial charge in [0.2, 0.25) is 0 Å². The van der Waals surface area contributed by atoms with E-state index in [0.717, 1.165) is 57.7 Å². The number of β-amino-alcohol motifs (C(OH)–C–C–N with tert-alkyl or cyclic N) is 1. The molecular formula is C17H26ClN3O2. The second kappa shape index (κ2) is 8.64. The zero-order chi connectivity index (χ0) is 15.4. The van der Waals surface area contributed by atoms with E-state index < -0.39 is 0 Å². The Bertz CT molecular complexity index is 531. The molecule has 3 rings (SSSR count). The maximum Gasteiger partial charge on any atom is 0.253 e. The molecule has 2 N–H and O–H groups in total. The van der Waals surface area contributed by atoms with Crippen molar-refractivity contribution in [2.45, 2.75) is 12.8 Å². The highest BCUT2D eigenvalue weighted by atomic mass is 35.5. The maximum absolute atomic E-state index is 12.7. The minimum atomic E-state index is 0. The summed E-state index contributed by atoms with van der Waals surface area (Å²) in [6.45, 7) is 6.09. The molecule has 1 fully saturated rings. The lowest BCUT2D eigenvalue weighted by Gasteiger charge is -2.34. The van der Waals surface area contributed by atoms with Gasteiger partial charge in [0.05, 0.1) is 6.61 Å². The average Bonchev–Trinajstić information content (AvgIpc) is 2.80. The van der Waals surface area contributed by atoms with Gasteiger partial charge in [0, 0.05) is 38.3 Å². The van der Waals surface area contributed by atoms with Gasteiger partial charge in [-0.1, -0.05) is 6.07 Å². The van der Waals surface area contributed by atoms with Crippen LogP contribution in [0.4, 0.5) is 0 Å². The van der Waals surface area contributed by atoms with E-state index in [1.54, 1.807) is 0 Å². The molecule has 1 saturated heterocycles. The van der Waals surface area contributed by atoms with Crippen LogP contribution in [0.3, 0.4) is 0 Å². The molecule has 2 heterocycles. The van der Waals surface area contributed by atoms with Crippen LogP contribution >= 0.6 is 12.4 Å². The summed E-state index contributed by atoms with van der Waals surface area (Å²) in [4.78, 5) is 16.8. The number of carbonyl (C=O) groups is 1. The highest BCUT2D eigenvalue weighted by Crippen LogP contribution is 2.17. The third-order valence-electron chi connectivity index (χ3n) is 4.67. The lowest BCUT2D eigenvalue weighted by atomic mass is 9.99. The summed E-state index contributed by atoms with van der Waals surface area (Å²) in [7, 11) is 0. The van der Waals surface area contributed by atoms with E-state index in [-0.39, 0.29) is 24.9 Å². The number of nitrogens with zero attached hydrogens (tertiary/aromatic N) is 2. The molecular weight excluding hydrogens is 314 g/mol. The molecule has 1 aromatic rings. The lowest BCUT2D eigenvalue weighted by molar-refractivity contribution is 0.0615. The summed E-state index contributed by atoms with van der Waals surface area (Å²) in [5, 5.41) is 12.4. The van der Waals surface area contributed by atoms with E-state index >= 15 is 0 Å². The van der Waals surface area contributed by atoms with Crippen LogP contribution in [0, 0.1) is 0 Å². The third-order valence-corrected chi connectivity index (χ3v) is 4.67. The number of aliphatic hydroxyl groups excluding tert-OH is 1. The van der Waals surface area contributed by atoms with Gasteiger partial charge in [0.25, 0.3) is 5.91 Å². The molecule has 1 aromatic carbocycles. The number of halogens is 1. The fraction of sp³-hybridized carbons (Fsp3) is 0.588. The van der Waals surface area contributed by atoms with Gasteiger partial charge in [0.1, 0.15) is 0 Å². The number of amides is 1. The number of piperazine rings is 1. The van der Waals surface area contributed by atoms with Crippen LogP contribution in [0.15, 0.2) is 18.2 Å². The van der Waals surface area contributed by atoms with Gasteiger partial charge in [-0.3, -0.25) is 9.69 Å². The summed E-state index contributed by atoms with van der Waals surface area (Å²) in [5.74, 6) is 0.142. The minimum absolute atomic E-state index is 0. The number of benzene rings is 1. The van der Waals surface area contributed by atoms with Gasteiger partial charge in [-0.2, -0.15) is 0 Å². The van der Waals surface area contributed by atoms with Crippen molar-refractivity contribution in [1.29, 1.82) is 0 Å². The molecule has 0 saturated carbocycles. The normalized spacial score (nSPS) is 18.7. The Morgan fingerprint density at radius 1 is 1.09 bits per heavy atom. The first kappa shape index (κ1) is 18.2. The smallest absolute Gasteiger partial charge is 0.253 e. The van der Waals surface area contributed by atoms with Gasteiger partial charge in [-0.15, -0.1) is 12.4 Å². The number of fused-ring (bicyclic) bond motifs is 1. The molecule has 2 aliphatic rings. The molecule has 1 amide bonds. The van der Waals surface area contributed by atoms with Crippen molar-refractivity contribution in [3.63, 3.8) is 0 Å². The van der Waals surface area contributed by atoms with E-state index in [1.807, 2.05) is 11.0 Å². The molecule has 0 bridgehead atoms. The van der Waals surface area contributed by atoms with E-state index in [2.05, 4.69) is 22.3 Å². The Hall–Kier alpha value is -1.14. The Labute approximate surface area is 144 Å². The van der Waals surface area contributed by atoms with Crippen molar-refractivity contribution in [1.82, 2.24) is 15.1 Å². The largest absolute Gasteiger partial charge is 0.395 e. The zero-order valence-corrected chi connectivity index (χ0v) is 14.3. The summed E-state index contributed by atoms with van der Waals surface area (Å²) in [6, 6.07) is 6.19. The third kappa shape index (κ3) is 4.44. The minimum Gasteiger partial charge on any atom is -0.395 e. The highest BCUT2D eigenvalue weighted by molar-refractivity contribution is 5.94. The lowest BCUT2D eigenvalue weighted by Crippen LogP contribution is -2.49. The number of aliphatic hydroxyl groups is 1. The molecule has 0 aliphatic carbocycles. The molecule has 2 aliphatic heterocycles. The molecule has 0 radical (unpaired) electrons. The molecule has 128 valence electrons. The van der Waals surface area contributed by atoms with Crippen molar-refractivity contribution in [3.05, 3.63) is 34.9 Å². The van der Waals surface area contributed by atoms with Crippen LogP contribution in [0.1, 0.15) is 21.5 Å². The summed E-state index contributed by atoms with van der Waals surface area (Å²) in [5.41, 5.74) is 3.50. The van der Waals surface area contributed by atoms with Crippen LogP contribution in [0.25, 0.3) is 0 Å². The van der Waals surface area contributed by atoms with Crippen LogP contribution in [0.5, 0.6) is 0 Å².